The fourth-order valence-electron chi connectivity index (χ4n) is 2.38. The number of methoxy groups -OCH3 is 1. The van der Waals surface area contributed by atoms with Crippen LogP contribution in [0, 0.1) is 0 Å². The van der Waals surface area contributed by atoms with E-state index in [1.807, 2.05) is 18.2 Å². The Morgan fingerprint density at radius 1 is 1.53 bits per heavy atom. The Hall–Kier alpha value is -1.59. The Balaban J connectivity index is 1.81. The number of aryl methyl sites for hydroxylation is 1. The summed E-state index contributed by atoms with van der Waals surface area (Å²) in [6.07, 6.45) is 1.24. The van der Waals surface area contributed by atoms with Gasteiger partial charge in [-0.15, -0.1) is 0 Å². The number of carbonyl (C=O) groups is 1. The molecule has 0 fully saturated rings. The van der Waals surface area contributed by atoms with Crippen LogP contribution < -0.4 is 10.6 Å². The van der Waals surface area contributed by atoms with Crippen molar-refractivity contribution in [3.8, 4) is 0 Å². The van der Waals surface area contributed by atoms with Crippen LogP contribution in [-0.2, 0) is 11.2 Å². The molecule has 0 bridgehead atoms. The highest BCUT2D eigenvalue weighted by atomic mass is 16.5. The average molecular weight is 264 g/mol. The number of hydrogen-bond donors (Lipinski definition) is 3. The normalized spacial score (nSPS) is 18.7. The lowest BCUT2D eigenvalue weighted by molar-refractivity contribution is 0.0659. The van der Waals surface area contributed by atoms with Crippen LogP contribution in [0.1, 0.15) is 23.6 Å². The number of urea groups is 1. The predicted molar refractivity (Wildman–Crippen MR) is 71.9 cm³/mol. The number of rotatable bonds is 5. The van der Waals surface area contributed by atoms with Gasteiger partial charge >= 0.3 is 6.03 Å². The highest BCUT2D eigenvalue weighted by molar-refractivity contribution is 5.74. The van der Waals surface area contributed by atoms with Crippen LogP contribution >= 0.6 is 0 Å². The van der Waals surface area contributed by atoms with Gasteiger partial charge in [0.15, 0.2) is 0 Å². The van der Waals surface area contributed by atoms with Crippen LogP contribution in [0.5, 0.6) is 0 Å². The fraction of sp³-hybridized carbons (Fsp3) is 0.500. The maximum atomic E-state index is 11.7. The lowest BCUT2D eigenvalue weighted by Crippen LogP contribution is -2.41. The van der Waals surface area contributed by atoms with Crippen LogP contribution in [0.25, 0.3) is 0 Å². The molecular formula is C14H20N2O3. The first-order chi connectivity index (χ1) is 9.20. The van der Waals surface area contributed by atoms with Crippen molar-refractivity contribution in [3.05, 3.63) is 35.4 Å². The van der Waals surface area contributed by atoms with Gasteiger partial charge in [-0.2, -0.15) is 0 Å². The molecular weight excluding hydrogens is 244 g/mol. The zero-order valence-corrected chi connectivity index (χ0v) is 11.1. The van der Waals surface area contributed by atoms with Crippen LogP contribution in [0.2, 0.25) is 0 Å². The van der Waals surface area contributed by atoms with Gasteiger partial charge in [0.25, 0.3) is 0 Å². The Morgan fingerprint density at radius 2 is 2.32 bits per heavy atom. The number of benzene rings is 1. The zero-order chi connectivity index (χ0) is 13.7. The third-order valence-corrected chi connectivity index (χ3v) is 3.30. The summed E-state index contributed by atoms with van der Waals surface area (Å²) in [4.78, 5) is 11.7. The molecule has 2 amide bonds. The van der Waals surface area contributed by atoms with E-state index in [-0.39, 0.29) is 25.2 Å². The summed E-state index contributed by atoms with van der Waals surface area (Å²) in [7, 11) is 1.51. The minimum atomic E-state index is -0.674. The van der Waals surface area contributed by atoms with Crippen LogP contribution in [0.4, 0.5) is 4.79 Å². The summed E-state index contributed by atoms with van der Waals surface area (Å²) in [5.41, 5.74) is 2.49. The van der Waals surface area contributed by atoms with Crippen molar-refractivity contribution < 1.29 is 14.6 Å². The topological polar surface area (TPSA) is 70.6 Å². The van der Waals surface area contributed by atoms with E-state index in [9.17, 15) is 9.90 Å². The minimum absolute atomic E-state index is 0.0655. The number of nitrogens with one attached hydrogen (secondary N) is 2. The molecule has 1 aromatic rings. The molecule has 19 heavy (non-hydrogen) atoms. The molecule has 3 N–H and O–H groups in total. The number of hydrogen-bond acceptors (Lipinski definition) is 3. The van der Waals surface area contributed by atoms with Crippen LogP contribution in [0.15, 0.2) is 24.3 Å². The van der Waals surface area contributed by atoms with E-state index in [1.165, 1.54) is 18.2 Å². The SMILES string of the molecule is COCC(O)CNC(=O)NC1CCc2ccccc21. The molecule has 0 aromatic heterocycles. The van der Waals surface area contributed by atoms with Gasteiger partial charge in [-0.05, 0) is 24.0 Å². The van der Waals surface area contributed by atoms with Gasteiger partial charge in [0.05, 0.1) is 18.8 Å². The number of amides is 2. The van der Waals surface area contributed by atoms with Gasteiger partial charge in [0.1, 0.15) is 0 Å². The molecule has 0 aliphatic heterocycles. The molecule has 1 aliphatic rings. The molecule has 2 unspecified atom stereocenters. The molecule has 5 nitrogen and oxygen atoms in total. The largest absolute Gasteiger partial charge is 0.389 e. The third-order valence-electron chi connectivity index (χ3n) is 3.30. The average Bonchev–Trinajstić information content (AvgIpc) is 2.80. The third kappa shape index (κ3) is 3.68. The summed E-state index contributed by atoms with van der Waals surface area (Å²) < 4.78 is 4.79. The van der Waals surface area contributed by atoms with Crippen LogP contribution in [-0.4, -0.2) is 37.5 Å². The van der Waals surface area contributed by atoms with Crippen molar-refractivity contribution in [2.24, 2.45) is 0 Å². The van der Waals surface area contributed by atoms with Crippen molar-refractivity contribution in [2.75, 3.05) is 20.3 Å². The summed E-state index contributed by atoms with van der Waals surface area (Å²) in [6.45, 7) is 0.403. The monoisotopic (exact) mass is 264 g/mol. The lowest BCUT2D eigenvalue weighted by atomic mass is 10.1. The van der Waals surface area contributed by atoms with E-state index >= 15 is 0 Å². The molecule has 5 heteroatoms. The maximum absolute atomic E-state index is 11.7. The highest BCUT2D eigenvalue weighted by Crippen LogP contribution is 2.30. The molecule has 1 aliphatic carbocycles. The number of aliphatic hydroxyl groups excluding tert-OH is 1. The van der Waals surface area contributed by atoms with Gasteiger partial charge in [-0.1, -0.05) is 24.3 Å². The standard InChI is InChI=1S/C14H20N2O3/c1-19-9-11(17)8-15-14(18)16-13-7-6-10-4-2-3-5-12(10)13/h2-5,11,13,17H,6-9H2,1H3,(H2,15,16,18). The van der Waals surface area contributed by atoms with Crippen molar-refractivity contribution in [2.45, 2.75) is 25.0 Å². The zero-order valence-electron chi connectivity index (χ0n) is 11.1. The first-order valence-corrected chi connectivity index (χ1v) is 6.50. The fourth-order valence-corrected chi connectivity index (χ4v) is 2.38. The van der Waals surface area contributed by atoms with E-state index in [2.05, 4.69) is 16.7 Å². The predicted octanol–water partition coefficient (Wildman–Crippen LogP) is 0.980. The van der Waals surface area contributed by atoms with E-state index in [1.54, 1.807) is 0 Å². The highest BCUT2D eigenvalue weighted by Gasteiger charge is 2.23. The molecule has 0 saturated heterocycles. The molecule has 104 valence electrons. The van der Waals surface area contributed by atoms with Crippen molar-refractivity contribution >= 4 is 6.03 Å². The number of fused-ring (bicyclic) bond motifs is 1. The van der Waals surface area contributed by atoms with E-state index < -0.39 is 6.10 Å². The minimum Gasteiger partial charge on any atom is -0.389 e. The Bertz CT molecular complexity index is 436. The number of aliphatic hydroxyl groups is 1. The molecule has 0 saturated carbocycles. The van der Waals surface area contributed by atoms with E-state index in [4.69, 9.17) is 4.74 Å². The first-order valence-electron chi connectivity index (χ1n) is 6.50. The van der Waals surface area contributed by atoms with Gasteiger partial charge in [0, 0.05) is 13.7 Å². The van der Waals surface area contributed by atoms with Crippen molar-refractivity contribution in [1.29, 1.82) is 0 Å². The van der Waals surface area contributed by atoms with E-state index in [0.717, 1.165) is 12.8 Å². The van der Waals surface area contributed by atoms with E-state index in [0.29, 0.717) is 0 Å². The Morgan fingerprint density at radius 3 is 3.11 bits per heavy atom. The second-order valence-electron chi connectivity index (χ2n) is 4.75. The summed E-state index contributed by atoms with van der Waals surface area (Å²) in [6, 6.07) is 7.96. The second kappa shape index (κ2) is 6.54. The summed E-state index contributed by atoms with van der Waals surface area (Å²) >= 11 is 0. The molecule has 0 spiro atoms. The summed E-state index contributed by atoms with van der Waals surface area (Å²) in [5.74, 6) is 0. The maximum Gasteiger partial charge on any atom is 0.315 e. The van der Waals surface area contributed by atoms with Gasteiger partial charge < -0.3 is 20.5 Å². The quantitative estimate of drug-likeness (QED) is 0.742. The second-order valence-corrected chi connectivity index (χ2v) is 4.75. The Kier molecular flexibility index (Phi) is 4.76. The van der Waals surface area contributed by atoms with Gasteiger partial charge in [-0.3, -0.25) is 0 Å². The molecule has 0 radical (unpaired) electrons. The molecule has 2 atom stereocenters. The molecule has 1 aromatic carbocycles. The van der Waals surface area contributed by atoms with Crippen LogP contribution in [0.3, 0.4) is 0 Å². The van der Waals surface area contributed by atoms with Crippen molar-refractivity contribution in [3.63, 3.8) is 0 Å². The number of ether oxygens (including phenoxy) is 1. The lowest BCUT2D eigenvalue weighted by Gasteiger charge is -2.16. The number of carbonyl (C=O) groups excluding carboxylic acids is 1. The van der Waals surface area contributed by atoms with Gasteiger partial charge in [-0.25, -0.2) is 4.79 Å². The molecule has 2 rings (SSSR count). The van der Waals surface area contributed by atoms with Gasteiger partial charge in [0.2, 0.25) is 0 Å². The first kappa shape index (κ1) is 13.8. The summed E-state index contributed by atoms with van der Waals surface area (Å²) in [5, 5.41) is 15.0. The van der Waals surface area contributed by atoms with Crippen molar-refractivity contribution in [1.82, 2.24) is 10.6 Å². The smallest absolute Gasteiger partial charge is 0.315 e. The molecule has 0 heterocycles. The Labute approximate surface area is 113 Å².